The number of carbonyl (C=O) groups is 3. The number of hydrogen-bond donors (Lipinski definition) is 1. The van der Waals surface area contributed by atoms with Crippen molar-refractivity contribution >= 4 is 17.9 Å². The van der Waals surface area contributed by atoms with Gasteiger partial charge in [-0.2, -0.15) is 0 Å². The number of hydrogen-bond acceptors (Lipinski definition) is 4. The summed E-state index contributed by atoms with van der Waals surface area (Å²) in [4.78, 5) is 31.8. The van der Waals surface area contributed by atoms with Gasteiger partial charge in [0.15, 0.2) is 11.6 Å². The van der Waals surface area contributed by atoms with E-state index in [2.05, 4.69) is 46.2 Å². The van der Waals surface area contributed by atoms with Crippen molar-refractivity contribution in [2.75, 3.05) is 0 Å². The first kappa shape index (κ1) is 55.3. The van der Waals surface area contributed by atoms with Gasteiger partial charge in [0.1, 0.15) is 6.29 Å². The van der Waals surface area contributed by atoms with Gasteiger partial charge in [0.25, 0.3) is 0 Å². The van der Waals surface area contributed by atoms with E-state index < -0.39 is 5.60 Å². The quantitative estimate of drug-likeness (QED) is 0.0314. The molecule has 0 aromatic carbocycles. The summed E-state index contributed by atoms with van der Waals surface area (Å²) in [6, 6.07) is 0. The van der Waals surface area contributed by atoms with Gasteiger partial charge in [-0.1, -0.05) is 106 Å². The summed E-state index contributed by atoms with van der Waals surface area (Å²) in [6.07, 6.45) is 38.3. The van der Waals surface area contributed by atoms with Crippen LogP contribution in [0.15, 0.2) is 97.2 Å². The third kappa shape index (κ3) is 68.2. The molecule has 0 aliphatic heterocycles. The van der Waals surface area contributed by atoms with Gasteiger partial charge >= 0.3 is 22.6 Å². The standard InChI is InChI=1S/C18H28O.C17H26O2.C2H4O.2CO.Fe/c1-5-6-7-8-9-10-11-12-13-14-17(19)15-16-18(2,3)4;1-4-5-6-7-8-9-10-11-12-13-16(18)14-15-17(2,3)19;1-2-3;2*1-2;/h5-10,13-14H,11-12,15-16H2,1-4H3;4-9,12-13,19H,10-11,14-15H2,1-3H3;2H,1H3;;;/b6-5+,8-7+,10-9+,14-13+;5-4+,7-6+,9-8+,13-12+;;;;. The van der Waals surface area contributed by atoms with Gasteiger partial charge in [-0.25, -0.2) is 0 Å². The van der Waals surface area contributed by atoms with Crippen LogP contribution >= 0.6 is 0 Å². The number of allylic oxidation sites excluding steroid dienone is 16. The fraction of sp³-hybridized carbons (Fsp3) is 0.462. The topological polar surface area (TPSA) is 111 Å². The van der Waals surface area contributed by atoms with Crippen LogP contribution in [0.3, 0.4) is 0 Å². The molecule has 0 aliphatic rings. The van der Waals surface area contributed by atoms with E-state index in [0.29, 0.717) is 19.3 Å². The van der Waals surface area contributed by atoms with Gasteiger partial charge in [0.2, 0.25) is 0 Å². The van der Waals surface area contributed by atoms with E-state index >= 15 is 0 Å². The van der Waals surface area contributed by atoms with Crippen LogP contribution in [0.1, 0.15) is 107 Å². The molecule has 0 fully saturated rings. The van der Waals surface area contributed by atoms with Gasteiger partial charge in [-0.15, -0.1) is 0 Å². The molecule has 0 heterocycles. The van der Waals surface area contributed by atoms with Gasteiger partial charge in [0.05, 0.1) is 5.60 Å². The Morgan fingerprint density at radius 3 is 1.20 bits per heavy atom. The Bertz CT molecular complexity index is 911. The third-order valence-corrected chi connectivity index (χ3v) is 5.04. The van der Waals surface area contributed by atoms with Gasteiger partial charge < -0.3 is 9.90 Å². The molecule has 0 aromatic heterocycles. The van der Waals surface area contributed by atoms with Crippen LogP contribution < -0.4 is 0 Å². The average Bonchev–Trinajstić information content (AvgIpc) is 2.99. The zero-order chi connectivity index (χ0) is 35.8. The second-order valence-corrected chi connectivity index (χ2v) is 11.2. The molecule has 0 bridgehead atoms. The number of rotatable bonds is 17. The maximum absolute atomic E-state index is 11.6. The SMILES string of the molecule is C/C=C/C=C/C=C/CC/C=C/C(=O)CCC(C)(C)C.C/C=C/C=C/C=C/CC/C=C/C(=O)CCC(C)(C)O.CC=O.[C-]#[O+].[C-]#[O+].[Fe]. The zero-order valence-electron chi connectivity index (χ0n) is 29.3. The Hall–Kier alpha value is -3.11. The van der Waals surface area contributed by atoms with Crippen LogP contribution in [0.25, 0.3) is 0 Å². The second-order valence-electron chi connectivity index (χ2n) is 11.2. The fourth-order valence-electron chi connectivity index (χ4n) is 2.74. The Labute approximate surface area is 291 Å². The summed E-state index contributed by atoms with van der Waals surface area (Å²) in [6.45, 7) is 24.3. The molecule has 0 spiro atoms. The van der Waals surface area contributed by atoms with E-state index in [0.717, 1.165) is 38.4 Å². The van der Waals surface area contributed by atoms with Gasteiger partial charge in [-0.3, -0.25) is 9.59 Å². The van der Waals surface area contributed by atoms with Crippen molar-refractivity contribution in [3.05, 3.63) is 111 Å². The summed E-state index contributed by atoms with van der Waals surface area (Å²) in [7, 11) is 0. The Kier molecular flexibility index (Phi) is 52.9. The van der Waals surface area contributed by atoms with Crippen molar-refractivity contribution < 1.29 is 45.9 Å². The summed E-state index contributed by atoms with van der Waals surface area (Å²) >= 11 is 0. The van der Waals surface area contributed by atoms with E-state index in [1.165, 1.54) is 6.92 Å². The molecule has 0 aromatic rings. The van der Waals surface area contributed by atoms with Crippen LogP contribution in [0, 0.1) is 18.7 Å². The first-order valence-corrected chi connectivity index (χ1v) is 15.1. The smallest absolute Gasteiger partial charge is 0 e. The number of aliphatic hydroxyl groups is 1. The van der Waals surface area contributed by atoms with Gasteiger partial charge in [-0.05, 0) is 90.7 Å². The molecule has 0 rings (SSSR count). The molecule has 6 nitrogen and oxygen atoms in total. The summed E-state index contributed by atoms with van der Waals surface area (Å²) in [5.74, 6) is 0.325. The van der Waals surface area contributed by atoms with E-state index in [-0.39, 0.29) is 34.1 Å². The van der Waals surface area contributed by atoms with Crippen LogP contribution in [0.2, 0.25) is 0 Å². The van der Waals surface area contributed by atoms with Crippen molar-refractivity contribution in [1.82, 2.24) is 0 Å². The van der Waals surface area contributed by atoms with E-state index in [1.807, 2.05) is 86.8 Å². The minimum absolute atomic E-state index is 0. The minimum Gasteiger partial charge on any atom is 0 e. The van der Waals surface area contributed by atoms with E-state index in [4.69, 9.17) is 14.1 Å². The molecule has 0 saturated carbocycles. The van der Waals surface area contributed by atoms with Crippen molar-refractivity contribution in [3.63, 3.8) is 0 Å². The van der Waals surface area contributed by atoms with Crippen LogP contribution in [0.4, 0.5) is 0 Å². The molecule has 0 saturated heterocycles. The molecular formula is C39H58FeO6. The third-order valence-electron chi connectivity index (χ3n) is 5.04. The number of ketones is 2. The Balaban J connectivity index is -0.000000143. The number of unbranched alkanes of at least 4 members (excludes halogenated alkanes) is 2. The zero-order valence-corrected chi connectivity index (χ0v) is 30.4. The first-order valence-electron chi connectivity index (χ1n) is 15.1. The predicted octanol–water partition coefficient (Wildman–Crippen LogP) is 9.67. The Morgan fingerprint density at radius 1 is 0.587 bits per heavy atom. The molecule has 0 aliphatic carbocycles. The Morgan fingerprint density at radius 2 is 0.891 bits per heavy atom. The maximum Gasteiger partial charge on any atom is 0 e. The van der Waals surface area contributed by atoms with E-state index in [1.54, 1.807) is 26.0 Å². The van der Waals surface area contributed by atoms with E-state index in [9.17, 15) is 14.7 Å². The predicted molar refractivity (Wildman–Crippen MR) is 187 cm³/mol. The molecular weight excluding hydrogens is 620 g/mol. The molecule has 0 radical (unpaired) electrons. The summed E-state index contributed by atoms with van der Waals surface area (Å²) < 4.78 is 15.0. The fourth-order valence-corrected chi connectivity index (χ4v) is 2.74. The van der Waals surface area contributed by atoms with Gasteiger partial charge in [0, 0.05) is 29.9 Å². The molecule has 0 amide bonds. The minimum atomic E-state index is -0.758. The van der Waals surface area contributed by atoms with Crippen molar-refractivity contribution in [1.29, 1.82) is 0 Å². The van der Waals surface area contributed by atoms with Crippen LogP contribution in [0.5, 0.6) is 0 Å². The van der Waals surface area contributed by atoms with Crippen molar-refractivity contribution in [3.8, 4) is 0 Å². The molecule has 46 heavy (non-hydrogen) atoms. The maximum atomic E-state index is 11.6. The monoisotopic (exact) mass is 678 g/mol. The number of carbonyl (C=O) groups excluding carboxylic acids is 3. The molecule has 258 valence electrons. The average molecular weight is 679 g/mol. The largest absolute Gasteiger partial charge is 0 e. The molecule has 0 atom stereocenters. The number of aldehydes is 1. The first-order chi connectivity index (χ1) is 21.3. The van der Waals surface area contributed by atoms with Crippen molar-refractivity contribution in [2.24, 2.45) is 5.41 Å². The second kappa shape index (κ2) is 44.0. The summed E-state index contributed by atoms with van der Waals surface area (Å²) in [5, 5.41) is 9.50. The molecule has 0 unspecified atom stereocenters. The van der Waals surface area contributed by atoms with Crippen LogP contribution in [-0.2, 0) is 40.8 Å². The van der Waals surface area contributed by atoms with Crippen molar-refractivity contribution in [2.45, 2.75) is 112 Å². The normalized spacial score (nSPS) is 11.5. The molecule has 7 heteroatoms. The van der Waals surface area contributed by atoms with Crippen LogP contribution in [-0.4, -0.2) is 28.6 Å². The summed E-state index contributed by atoms with van der Waals surface area (Å²) in [5.41, 5.74) is -0.517. The molecule has 1 N–H and O–H groups in total.